The van der Waals surface area contributed by atoms with Crippen LogP contribution in [0, 0.1) is 58.2 Å². The van der Waals surface area contributed by atoms with Crippen molar-refractivity contribution in [3.63, 3.8) is 0 Å². The van der Waals surface area contributed by atoms with Crippen LogP contribution in [0.4, 0.5) is 43.9 Å². The number of hydrogen-bond acceptors (Lipinski definition) is 1. The fourth-order valence-electron chi connectivity index (χ4n) is 6.24. The molecule has 0 saturated heterocycles. The van der Waals surface area contributed by atoms with Crippen LogP contribution in [0.5, 0.6) is 0 Å². The Bertz CT molecular complexity index is 2700. The Morgan fingerprint density at radius 1 is 0.314 bits per heavy atom. The Balaban J connectivity index is 1.60. The second-order valence-corrected chi connectivity index (χ2v) is 11.5. The SMILES string of the molecule is Fc1c(F)c(F)c(-c2c3nc(c4ccc([nH]4)c(-c4c(F)c(F)c(F)c(F)c4F)c4ccc([nH]4)c(-c4ccccc4)c4ccc2[nH]4)C=C3)c(F)c1F. The predicted molar refractivity (Wildman–Crippen MR) is 171 cm³/mol. The molecule has 4 aromatic heterocycles. The van der Waals surface area contributed by atoms with E-state index in [2.05, 4.69) is 19.9 Å². The molecule has 0 unspecified atom stereocenters. The minimum Gasteiger partial charge on any atom is -0.354 e. The molecule has 8 bridgehead atoms. The Kier molecular flexibility index (Phi) is 7.29. The summed E-state index contributed by atoms with van der Waals surface area (Å²) < 4.78 is 148. The van der Waals surface area contributed by atoms with Crippen molar-refractivity contribution < 1.29 is 43.9 Å². The van der Waals surface area contributed by atoms with Crippen LogP contribution in [0.15, 0.2) is 66.7 Å². The molecular weight excluding hydrogens is 690 g/mol. The van der Waals surface area contributed by atoms with Crippen LogP contribution in [0.3, 0.4) is 0 Å². The molecule has 51 heavy (non-hydrogen) atoms. The quantitative estimate of drug-likeness (QED) is 0.0956. The monoisotopic (exact) mass is 706 g/mol. The third-order valence-electron chi connectivity index (χ3n) is 8.56. The molecule has 5 heterocycles. The lowest BCUT2D eigenvalue weighted by Gasteiger charge is -2.10. The Labute approximate surface area is 278 Å². The maximum atomic E-state index is 15.4. The highest BCUT2D eigenvalue weighted by Crippen LogP contribution is 2.40. The molecule has 254 valence electrons. The van der Waals surface area contributed by atoms with Gasteiger partial charge in [0, 0.05) is 44.3 Å². The van der Waals surface area contributed by atoms with E-state index in [-0.39, 0.29) is 44.5 Å². The van der Waals surface area contributed by atoms with E-state index in [1.807, 2.05) is 0 Å². The van der Waals surface area contributed by atoms with Crippen LogP contribution in [0.2, 0.25) is 0 Å². The maximum absolute atomic E-state index is 15.4. The van der Waals surface area contributed by atoms with Crippen LogP contribution in [-0.4, -0.2) is 19.9 Å². The van der Waals surface area contributed by atoms with Gasteiger partial charge in [0.25, 0.3) is 0 Å². The molecule has 8 rings (SSSR count). The zero-order valence-corrected chi connectivity index (χ0v) is 25.2. The third kappa shape index (κ3) is 4.81. The summed E-state index contributed by atoms with van der Waals surface area (Å²) in [6, 6.07) is 16.7. The van der Waals surface area contributed by atoms with Gasteiger partial charge in [0.2, 0.25) is 11.6 Å². The number of nitrogens with zero attached hydrogens (tertiary/aromatic N) is 1. The van der Waals surface area contributed by atoms with Gasteiger partial charge in [0.05, 0.1) is 28.0 Å². The summed E-state index contributed by atoms with van der Waals surface area (Å²) >= 11 is 0. The van der Waals surface area contributed by atoms with Gasteiger partial charge < -0.3 is 15.0 Å². The normalized spacial score (nSPS) is 12.0. The summed E-state index contributed by atoms with van der Waals surface area (Å²) in [4.78, 5) is 13.2. The number of rotatable bonds is 3. The maximum Gasteiger partial charge on any atom is 0.200 e. The summed E-state index contributed by atoms with van der Waals surface area (Å²) in [6.07, 6.45) is 2.58. The van der Waals surface area contributed by atoms with Gasteiger partial charge in [0.1, 0.15) is 0 Å². The molecule has 0 saturated carbocycles. The standard InChI is InChI=1S/C37H16F10N4/c38-28-26(29(39)33(43)36(46)32(28)42)24-19-8-6-15(48-19)16-7-9-20(49-16)25(27-30(40)34(44)37(47)35(45)31(27)41)22-13-11-18(51-22)23(14-4-2-1-3-5-14)17-10-12-21(24)50-17/h1-13,48,50-51H. The second kappa shape index (κ2) is 11.6. The van der Waals surface area contributed by atoms with E-state index in [0.717, 1.165) is 0 Å². The third-order valence-corrected chi connectivity index (χ3v) is 8.56. The van der Waals surface area contributed by atoms with E-state index in [9.17, 15) is 26.3 Å². The van der Waals surface area contributed by atoms with E-state index in [1.165, 1.54) is 48.6 Å². The van der Waals surface area contributed by atoms with Crippen molar-refractivity contribution in [1.82, 2.24) is 19.9 Å². The van der Waals surface area contributed by atoms with E-state index < -0.39 is 80.4 Å². The van der Waals surface area contributed by atoms with E-state index in [1.54, 1.807) is 30.3 Å². The van der Waals surface area contributed by atoms with E-state index in [4.69, 9.17) is 0 Å². The molecule has 0 aliphatic carbocycles. The highest BCUT2D eigenvalue weighted by atomic mass is 19.2. The van der Waals surface area contributed by atoms with Crippen LogP contribution < -0.4 is 0 Å². The van der Waals surface area contributed by atoms with Crippen molar-refractivity contribution in [2.24, 2.45) is 0 Å². The molecule has 14 heteroatoms. The zero-order valence-electron chi connectivity index (χ0n) is 25.2. The van der Waals surface area contributed by atoms with Gasteiger partial charge in [-0.3, -0.25) is 0 Å². The van der Waals surface area contributed by atoms with Crippen LogP contribution in [0.1, 0.15) is 11.4 Å². The molecule has 1 aliphatic heterocycles. The lowest BCUT2D eigenvalue weighted by Crippen LogP contribution is -2.05. The first kappa shape index (κ1) is 31.9. The predicted octanol–water partition coefficient (Wildman–Crippen LogP) is 11.1. The van der Waals surface area contributed by atoms with Gasteiger partial charge in [-0.15, -0.1) is 0 Å². The summed E-state index contributed by atoms with van der Waals surface area (Å²) in [7, 11) is 0. The van der Waals surface area contributed by atoms with Gasteiger partial charge in [-0.2, -0.15) is 0 Å². The average Bonchev–Trinajstić information content (AvgIpc) is 3.97. The molecule has 4 nitrogen and oxygen atoms in total. The van der Waals surface area contributed by atoms with Crippen molar-refractivity contribution >= 4 is 45.3 Å². The number of benzene rings is 3. The number of halogens is 10. The second-order valence-electron chi connectivity index (χ2n) is 11.5. The first-order chi connectivity index (χ1) is 24.5. The molecule has 0 atom stereocenters. The Morgan fingerprint density at radius 3 is 1.16 bits per heavy atom. The number of nitrogens with one attached hydrogen (secondary N) is 3. The minimum absolute atomic E-state index is 0.0275. The first-order valence-electron chi connectivity index (χ1n) is 14.9. The van der Waals surface area contributed by atoms with Crippen LogP contribution in [0.25, 0.3) is 78.6 Å². The number of hydrogen-bond donors (Lipinski definition) is 3. The average molecular weight is 707 g/mol. The minimum atomic E-state index is -2.35. The largest absolute Gasteiger partial charge is 0.354 e. The molecule has 1 aliphatic rings. The lowest BCUT2D eigenvalue weighted by molar-refractivity contribution is 0.381. The highest BCUT2D eigenvalue weighted by Gasteiger charge is 2.31. The number of aromatic amines is 3. The molecule has 3 aromatic carbocycles. The van der Waals surface area contributed by atoms with E-state index >= 15 is 17.6 Å². The summed E-state index contributed by atoms with van der Waals surface area (Å²) in [5.41, 5.74) is -2.56. The van der Waals surface area contributed by atoms with Crippen molar-refractivity contribution in [2.45, 2.75) is 0 Å². The molecule has 0 radical (unpaired) electrons. The van der Waals surface area contributed by atoms with Crippen molar-refractivity contribution in [3.05, 3.63) is 136 Å². The Hall–Kier alpha value is -6.31. The van der Waals surface area contributed by atoms with Crippen molar-refractivity contribution in [2.75, 3.05) is 0 Å². The molecular formula is C37H16F10N4. The number of aromatic nitrogens is 4. The molecule has 0 amide bonds. The zero-order chi connectivity index (χ0) is 35.9. The van der Waals surface area contributed by atoms with Gasteiger partial charge in [-0.1, -0.05) is 30.3 Å². The van der Waals surface area contributed by atoms with Gasteiger partial charge in [0.15, 0.2) is 46.5 Å². The van der Waals surface area contributed by atoms with E-state index in [0.29, 0.717) is 11.1 Å². The fraction of sp³-hybridized carbons (Fsp3) is 0. The molecule has 7 aromatic rings. The van der Waals surface area contributed by atoms with Crippen molar-refractivity contribution in [3.8, 4) is 33.4 Å². The Morgan fingerprint density at radius 2 is 0.667 bits per heavy atom. The smallest absolute Gasteiger partial charge is 0.200 e. The van der Waals surface area contributed by atoms with Crippen molar-refractivity contribution in [1.29, 1.82) is 0 Å². The van der Waals surface area contributed by atoms with Gasteiger partial charge >= 0.3 is 0 Å². The lowest BCUT2D eigenvalue weighted by atomic mass is 10.0. The molecule has 0 spiro atoms. The molecule has 3 N–H and O–H groups in total. The number of fused-ring (bicyclic) bond motifs is 9. The summed E-state index contributed by atoms with van der Waals surface area (Å²) in [6.45, 7) is 0. The number of H-pyrrole nitrogens is 3. The summed E-state index contributed by atoms with van der Waals surface area (Å²) in [5.74, 6) is -21.8. The van der Waals surface area contributed by atoms with Gasteiger partial charge in [-0.05, 0) is 54.1 Å². The first-order valence-corrected chi connectivity index (χ1v) is 14.9. The fourth-order valence-corrected chi connectivity index (χ4v) is 6.24. The van der Waals surface area contributed by atoms with Crippen LogP contribution >= 0.6 is 0 Å². The van der Waals surface area contributed by atoms with Gasteiger partial charge in [-0.25, -0.2) is 48.9 Å². The topological polar surface area (TPSA) is 60.3 Å². The van der Waals surface area contributed by atoms with Crippen LogP contribution in [-0.2, 0) is 0 Å². The highest BCUT2D eigenvalue weighted by molar-refractivity contribution is 6.00. The summed E-state index contributed by atoms with van der Waals surface area (Å²) in [5, 5.41) is 0. The molecule has 0 fully saturated rings.